The first-order valence-corrected chi connectivity index (χ1v) is 9.31. The number of carboxylic acids is 1. The van der Waals surface area contributed by atoms with E-state index in [0.29, 0.717) is 36.8 Å². The maximum atomic E-state index is 13.2. The Hall–Kier alpha value is -2.70. The lowest BCUT2D eigenvalue weighted by molar-refractivity contribution is -0.145. The molecule has 1 aliphatic heterocycles. The Morgan fingerprint density at radius 1 is 1.26 bits per heavy atom. The van der Waals surface area contributed by atoms with Gasteiger partial charge in [-0.1, -0.05) is 39.0 Å². The van der Waals surface area contributed by atoms with Crippen molar-refractivity contribution in [3.05, 3.63) is 40.3 Å². The maximum Gasteiger partial charge on any atom is 0.306 e. The number of carbonyl (C=O) groups excluding carboxylic acids is 1. The number of piperidine rings is 1. The van der Waals surface area contributed by atoms with Crippen LogP contribution in [0.5, 0.6) is 0 Å². The second-order valence-electron chi connectivity index (χ2n) is 7.74. The van der Waals surface area contributed by atoms with Crippen molar-refractivity contribution in [3.8, 4) is 0 Å². The third-order valence-corrected chi connectivity index (χ3v) is 5.12. The van der Waals surface area contributed by atoms with E-state index in [1.165, 1.54) is 4.68 Å². The van der Waals surface area contributed by atoms with E-state index >= 15 is 0 Å². The monoisotopic (exact) mass is 371 g/mol. The van der Waals surface area contributed by atoms with Crippen LogP contribution in [0, 0.1) is 17.8 Å². The molecule has 1 amide bonds. The zero-order chi connectivity index (χ0) is 19.7. The van der Waals surface area contributed by atoms with E-state index in [2.05, 4.69) is 5.10 Å². The minimum absolute atomic E-state index is 0.131. The smallest absolute Gasteiger partial charge is 0.306 e. The molecule has 144 valence electrons. The number of rotatable bonds is 4. The van der Waals surface area contributed by atoms with Crippen molar-refractivity contribution in [3.63, 3.8) is 0 Å². The average molecular weight is 371 g/mol. The second kappa shape index (κ2) is 7.50. The lowest BCUT2D eigenvalue weighted by Crippen LogP contribution is -2.45. The SMILES string of the molecule is CC(C)Cn1nc(C(=O)N2CCC(C(=O)O)C(C)C2)c2ccccc2c1=O. The largest absolute Gasteiger partial charge is 0.481 e. The molecule has 2 atom stereocenters. The molecular weight excluding hydrogens is 346 g/mol. The molecule has 1 fully saturated rings. The van der Waals surface area contributed by atoms with Gasteiger partial charge in [0.05, 0.1) is 11.3 Å². The number of carbonyl (C=O) groups is 2. The third-order valence-electron chi connectivity index (χ3n) is 5.12. The van der Waals surface area contributed by atoms with E-state index in [4.69, 9.17) is 0 Å². The molecule has 1 aliphatic rings. The Labute approximate surface area is 157 Å². The standard InChI is InChI=1S/C20H25N3O4/c1-12(2)10-23-18(24)16-7-5-4-6-15(16)17(21-23)19(25)22-9-8-14(20(26)27)13(3)11-22/h4-7,12-14H,8-11H2,1-3H3,(H,26,27). The van der Waals surface area contributed by atoms with Gasteiger partial charge in [-0.15, -0.1) is 0 Å². The number of hydrogen-bond donors (Lipinski definition) is 1. The second-order valence-corrected chi connectivity index (χ2v) is 7.74. The molecule has 1 saturated heterocycles. The minimum atomic E-state index is -0.816. The summed E-state index contributed by atoms with van der Waals surface area (Å²) in [6.07, 6.45) is 0.422. The lowest BCUT2D eigenvalue weighted by Gasteiger charge is -2.34. The highest BCUT2D eigenvalue weighted by Crippen LogP contribution is 2.25. The summed E-state index contributed by atoms with van der Waals surface area (Å²) in [4.78, 5) is 38.9. The molecule has 0 bridgehead atoms. The van der Waals surface area contributed by atoms with Crippen LogP contribution in [0.25, 0.3) is 10.8 Å². The fraction of sp³-hybridized carbons (Fsp3) is 0.500. The van der Waals surface area contributed by atoms with Crippen LogP contribution in [0.1, 0.15) is 37.7 Å². The zero-order valence-electron chi connectivity index (χ0n) is 15.9. The van der Waals surface area contributed by atoms with Gasteiger partial charge in [0, 0.05) is 25.0 Å². The van der Waals surface area contributed by atoms with E-state index in [1.807, 2.05) is 20.8 Å². The topological polar surface area (TPSA) is 92.5 Å². The number of aliphatic carboxylic acids is 1. The number of likely N-dealkylation sites (tertiary alicyclic amines) is 1. The van der Waals surface area contributed by atoms with Crippen molar-refractivity contribution < 1.29 is 14.7 Å². The average Bonchev–Trinajstić information content (AvgIpc) is 2.62. The summed E-state index contributed by atoms with van der Waals surface area (Å²) in [5.41, 5.74) is 0.0561. The lowest BCUT2D eigenvalue weighted by atomic mass is 9.87. The first-order chi connectivity index (χ1) is 12.8. The van der Waals surface area contributed by atoms with E-state index < -0.39 is 11.9 Å². The molecule has 1 aromatic carbocycles. The van der Waals surface area contributed by atoms with Crippen LogP contribution >= 0.6 is 0 Å². The fourth-order valence-electron chi connectivity index (χ4n) is 3.71. The van der Waals surface area contributed by atoms with Crippen molar-refractivity contribution in [1.29, 1.82) is 0 Å². The van der Waals surface area contributed by atoms with Gasteiger partial charge < -0.3 is 10.0 Å². The highest BCUT2D eigenvalue weighted by molar-refractivity contribution is 6.04. The predicted molar refractivity (Wildman–Crippen MR) is 102 cm³/mol. The summed E-state index contributed by atoms with van der Waals surface area (Å²) >= 11 is 0. The summed E-state index contributed by atoms with van der Waals surface area (Å²) in [7, 11) is 0. The van der Waals surface area contributed by atoms with Crippen LogP contribution in [-0.2, 0) is 11.3 Å². The Morgan fingerprint density at radius 3 is 2.52 bits per heavy atom. The van der Waals surface area contributed by atoms with Gasteiger partial charge in [0.25, 0.3) is 11.5 Å². The van der Waals surface area contributed by atoms with Crippen LogP contribution in [0.3, 0.4) is 0 Å². The number of amides is 1. The van der Waals surface area contributed by atoms with Crippen LogP contribution in [0.4, 0.5) is 0 Å². The Bertz CT molecular complexity index is 934. The highest BCUT2D eigenvalue weighted by atomic mass is 16.4. The Morgan fingerprint density at radius 2 is 1.93 bits per heavy atom. The molecule has 7 heteroatoms. The van der Waals surface area contributed by atoms with Gasteiger partial charge in [-0.2, -0.15) is 5.10 Å². The fourth-order valence-corrected chi connectivity index (χ4v) is 3.71. The number of nitrogens with zero attached hydrogens (tertiary/aromatic N) is 3. The maximum absolute atomic E-state index is 13.2. The Kier molecular flexibility index (Phi) is 5.30. The van der Waals surface area contributed by atoms with Gasteiger partial charge in [0.2, 0.25) is 0 Å². The number of fused-ring (bicyclic) bond motifs is 1. The van der Waals surface area contributed by atoms with E-state index in [1.54, 1.807) is 29.2 Å². The van der Waals surface area contributed by atoms with Gasteiger partial charge in [0.15, 0.2) is 5.69 Å². The molecule has 0 aliphatic carbocycles. The van der Waals surface area contributed by atoms with Gasteiger partial charge in [-0.3, -0.25) is 14.4 Å². The van der Waals surface area contributed by atoms with E-state index in [-0.39, 0.29) is 29.0 Å². The Balaban J connectivity index is 2.01. The number of carboxylic acid groups (broad SMARTS) is 1. The molecule has 3 rings (SSSR count). The van der Waals surface area contributed by atoms with Crippen LogP contribution in [0.15, 0.2) is 29.1 Å². The molecule has 0 saturated carbocycles. The number of hydrogen-bond acceptors (Lipinski definition) is 4. The quantitative estimate of drug-likeness (QED) is 0.890. The predicted octanol–water partition coefficient (Wildman–Crippen LogP) is 2.24. The first-order valence-electron chi connectivity index (χ1n) is 9.31. The molecule has 1 N–H and O–H groups in total. The van der Waals surface area contributed by atoms with E-state index in [0.717, 1.165) is 0 Å². The molecular formula is C20H25N3O4. The van der Waals surface area contributed by atoms with E-state index in [9.17, 15) is 19.5 Å². The third kappa shape index (κ3) is 3.72. The van der Waals surface area contributed by atoms with Gasteiger partial charge >= 0.3 is 5.97 Å². The van der Waals surface area contributed by atoms with Gasteiger partial charge in [0.1, 0.15) is 0 Å². The molecule has 1 aromatic heterocycles. The van der Waals surface area contributed by atoms with Crippen LogP contribution in [-0.4, -0.2) is 44.8 Å². The summed E-state index contributed by atoms with van der Waals surface area (Å²) in [6.45, 7) is 7.01. The van der Waals surface area contributed by atoms with Crippen molar-refractivity contribution in [2.24, 2.45) is 17.8 Å². The molecule has 0 spiro atoms. The molecule has 7 nitrogen and oxygen atoms in total. The van der Waals surface area contributed by atoms with Crippen molar-refractivity contribution in [2.75, 3.05) is 13.1 Å². The zero-order valence-corrected chi connectivity index (χ0v) is 15.9. The molecule has 0 radical (unpaired) electrons. The van der Waals surface area contributed by atoms with Crippen molar-refractivity contribution in [1.82, 2.24) is 14.7 Å². The molecule has 2 unspecified atom stereocenters. The van der Waals surface area contributed by atoms with Crippen LogP contribution < -0.4 is 5.56 Å². The minimum Gasteiger partial charge on any atom is -0.481 e. The number of benzene rings is 1. The normalized spacial score (nSPS) is 20.2. The summed E-state index contributed by atoms with van der Waals surface area (Å²) < 4.78 is 1.37. The summed E-state index contributed by atoms with van der Waals surface area (Å²) in [6, 6.07) is 7.01. The van der Waals surface area contributed by atoms with Gasteiger partial charge in [-0.05, 0) is 24.3 Å². The number of aromatic nitrogens is 2. The summed E-state index contributed by atoms with van der Waals surface area (Å²) in [5.74, 6) is -1.42. The molecule has 27 heavy (non-hydrogen) atoms. The van der Waals surface area contributed by atoms with Crippen molar-refractivity contribution >= 4 is 22.6 Å². The van der Waals surface area contributed by atoms with Crippen LogP contribution in [0.2, 0.25) is 0 Å². The molecule has 2 heterocycles. The van der Waals surface area contributed by atoms with Crippen molar-refractivity contribution in [2.45, 2.75) is 33.7 Å². The molecule has 2 aromatic rings. The first kappa shape index (κ1) is 19.1. The van der Waals surface area contributed by atoms with Gasteiger partial charge in [-0.25, -0.2) is 4.68 Å². The highest BCUT2D eigenvalue weighted by Gasteiger charge is 2.34. The summed E-state index contributed by atoms with van der Waals surface area (Å²) in [5, 5.41) is 14.7.